The number of hydrogen-bond donors (Lipinski definition) is 2. The van der Waals surface area contributed by atoms with Gasteiger partial charge in [-0.2, -0.15) is 8.78 Å². The van der Waals surface area contributed by atoms with Gasteiger partial charge in [-0.05, 0) is 55.2 Å². The molecule has 2 fully saturated rings. The molecule has 0 amide bonds. The van der Waals surface area contributed by atoms with Gasteiger partial charge >= 0.3 is 6.61 Å². The van der Waals surface area contributed by atoms with Crippen molar-refractivity contribution in [2.45, 2.75) is 45.3 Å². The van der Waals surface area contributed by atoms with Crippen molar-refractivity contribution in [3.05, 3.63) is 23.8 Å². The zero-order valence-corrected chi connectivity index (χ0v) is 15.4. The monoisotopic (exact) mass is 367 g/mol. The van der Waals surface area contributed by atoms with E-state index < -0.39 is 6.61 Å². The van der Waals surface area contributed by atoms with Gasteiger partial charge in [0.25, 0.3) is 0 Å². The van der Waals surface area contributed by atoms with Crippen LogP contribution in [0.3, 0.4) is 0 Å². The van der Waals surface area contributed by atoms with Crippen LogP contribution < -0.4 is 20.1 Å². The van der Waals surface area contributed by atoms with Gasteiger partial charge in [0.15, 0.2) is 5.96 Å². The SMILES string of the molecule is CN=C(NCc1cc(OC)ccc1OC(F)F)NCC1(C2CC2)CCC1. The lowest BCUT2D eigenvalue weighted by Gasteiger charge is -2.43. The van der Waals surface area contributed by atoms with Gasteiger partial charge in [-0.25, -0.2) is 0 Å². The van der Waals surface area contributed by atoms with Crippen LogP contribution >= 0.6 is 0 Å². The van der Waals surface area contributed by atoms with E-state index in [1.54, 1.807) is 19.2 Å². The fourth-order valence-electron chi connectivity index (χ4n) is 3.75. The molecule has 3 rings (SSSR count). The first kappa shape index (κ1) is 18.7. The van der Waals surface area contributed by atoms with Crippen LogP contribution in [-0.2, 0) is 6.54 Å². The molecule has 0 aromatic heterocycles. The average molecular weight is 367 g/mol. The Kier molecular flexibility index (Phi) is 5.84. The molecule has 0 heterocycles. The number of ether oxygens (including phenoxy) is 2. The molecular weight excluding hydrogens is 340 g/mol. The number of halogens is 2. The number of methoxy groups -OCH3 is 1. The number of benzene rings is 1. The lowest BCUT2D eigenvalue weighted by atomic mass is 9.65. The summed E-state index contributed by atoms with van der Waals surface area (Å²) < 4.78 is 35.0. The molecule has 1 aromatic rings. The number of guanidine groups is 1. The summed E-state index contributed by atoms with van der Waals surface area (Å²) >= 11 is 0. The zero-order chi connectivity index (χ0) is 18.6. The van der Waals surface area contributed by atoms with E-state index in [0.29, 0.717) is 29.2 Å². The highest BCUT2D eigenvalue weighted by Gasteiger charge is 2.48. The van der Waals surface area contributed by atoms with Crippen molar-refractivity contribution >= 4 is 5.96 Å². The van der Waals surface area contributed by atoms with Crippen molar-refractivity contribution in [2.24, 2.45) is 16.3 Å². The molecule has 5 nitrogen and oxygen atoms in total. The van der Waals surface area contributed by atoms with Crippen LogP contribution in [-0.4, -0.2) is 33.3 Å². The summed E-state index contributed by atoms with van der Waals surface area (Å²) in [5.41, 5.74) is 1.02. The van der Waals surface area contributed by atoms with E-state index in [-0.39, 0.29) is 5.75 Å². The molecule has 2 aliphatic carbocycles. The molecule has 144 valence electrons. The van der Waals surface area contributed by atoms with E-state index in [2.05, 4.69) is 20.4 Å². The first-order valence-corrected chi connectivity index (χ1v) is 9.12. The largest absolute Gasteiger partial charge is 0.497 e. The van der Waals surface area contributed by atoms with Crippen LogP contribution in [0.5, 0.6) is 11.5 Å². The second-order valence-electron chi connectivity index (χ2n) is 7.12. The van der Waals surface area contributed by atoms with E-state index in [1.807, 2.05) is 0 Å². The van der Waals surface area contributed by atoms with E-state index in [0.717, 1.165) is 12.5 Å². The number of hydrogen-bond acceptors (Lipinski definition) is 3. The Hall–Kier alpha value is -2.05. The van der Waals surface area contributed by atoms with E-state index in [4.69, 9.17) is 4.74 Å². The molecule has 2 saturated carbocycles. The minimum absolute atomic E-state index is 0.136. The number of nitrogens with one attached hydrogen (secondary N) is 2. The van der Waals surface area contributed by atoms with Crippen molar-refractivity contribution in [3.63, 3.8) is 0 Å². The van der Waals surface area contributed by atoms with Gasteiger partial charge in [-0.15, -0.1) is 0 Å². The average Bonchev–Trinajstić information content (AvgIpc) is 3.42. The topological polar surface area (TPSA) is 54.9 Å². The zero-order valence-electron chi connectivity index (χ0n) is 15.4. The Balaban J connectivity index is 1.59. The van der Waals surface area contributed by atoms with Gasteiger partial charge in [0.2, 0.25) is 0 Å². The lowest BCUT2D eigenvalue weighted by Crippen LogP contribution is -2.47. The fraction of sp³-hybridized carbons (Fsp3) is 0.632. The van der Waals surface area contributed by atoms with Crippen molar-refractivity contribution < 1.29 is 18.3 Å². The summed E-state index contributed by atoms with van der Waals surface area (Å²) in [5.74, 6) is 2.25. The highest BCUT2D eigenvalue weighted by molar-refractivity contribution is 5.79. The Labute approximate surface area is 153 Å². The molecule has 2 aliphatic rings. The summed E-state index contributed by atoms with van der Waals surface area (Å²) in [5, 5.41) is 6.60. The Morgan fingerprint density at radius 2 is 2.08 bits per heavy atom. The second-order valence-corrected chi connectivity index (χ2v) is 7.12. The molecule has 0 spiro atoms. The fourth-order valence-corrected chi connectivity index (χ4v) is 3.75. The van der Waals surface area contributed by atoms with Crippen LogP contribution in [0.1, 0.15) is 37.7 Å². The Morgan fingerprint density at radius 3 is 2.62 bits per heavy atom. The highest BCUT2D eigenvalue weighted by Crippen LogP contribution is 2.56. The van der Waals surface area contributed by atoms with E-state index in [1.165, 1.54) is 45.3 Å². The summed E-state index contributed by atoms with van der Waals surface area (Å²) in [4.78, 5) is 4.25. The van der Waals surface area contributed by atoms with Crippen molar-refractivity contribution in [1.82, 2.24) is 10.6 Å². The lowest BCUT2D eigenvalue weighted by molar-refractivity contribution is -0.0505. The second kappa shape index (κ2) is 8.10. The first-order chi connectivity index (χ1) is 12.6. The maximum atomic E-state index is 12.6. The van der Waals surface area contributed by atoms with Gasteiger partial charge < -0.3 is 20.1 Å². The number of aliphatic imine (C=N–C) groups is 1. The van der Waals surface area contributed by atoms with Gasteiger partial charge in [0.05, 0.1) is 7.11 Å². The van der Waals surface area contributed by atoms with Crippen molar-refractivity contribution in [3.8, 4) is 11.5 Å². The van der Waals surface area contributed by atoms with Crippen LogP contribution in [0.2, 0.25) is 0 Å². The van der Waals surface area contributed by atoms with Gasteiger partial charge in [0, 0.05) is 25.7 Å². The molecule has 26 heavy (non-hydrogen) atoms. The predicted molar refractivity (Wildman–Crippen MR) is 96.8 cm³/mol. The molecular formula is C19H27F2N3O2. The maximum Gasteiger partial charge on any atom is 0.387 e. The normalized spacial score (nSPS) is 19.0. The smallest absolute Gasteiger partial charge is 0.387 e. The number of alkyl halides is 2. The molecule has 0 bridgehead atoms. The Bertz CT molecular complexity index is 644. The summed E-state index contributed by atoms with van der Waals surface area (Å²) in [6, 6.07) is 4.79. The molecule has 0 radical (unpaired) electrons. The van der Waals surface area contributed by atoms with Crippen molar-refractivity contribution in [2.75, 3.05) is 20.7 Å². The minimum Gasteiger partial charge on any atom is -0.497 e. The molecule has 0 aliphatic heterocycles. The van der Waals surface area contributed by atoms with Gasteiger partial charge in [-0.1, -0.05) is 6.42 Å². The van der Waals surface area contributed by atoms with Gasteiger partial charge in [0.1, 0.15) is 11.5 Å². The molecule has 1 aromatic carbocycles. The predicted octanol–water partition coefficient (Wildman–Crippen LogP) is 3.54. The van der Waals surface area contributed by atoms with Crippen LogP contribution in [0, 0.1) is 11.3 Å². The molecule has 0 saturated heterocycles. The third-order valence-corrected chi connectivity index (χ3v) is 5.55. The van der Waals surface area contributed by atoms with Crippen molar-refractivity contribution in [1.29, 1.82) is 0 Å². The summed E-state index contributed by atoms with van der Waals surface area (Å²) in [7, 11) is 3.25. The van der Waals surface area contributed by atoms with E-state index in [9.17, 15) is 8.78 Å². The van der Waals surface area contributed by atoms with Crippen LogP contribution in [0.15, 0.2) is 23.2 Å². The molecule has 2 N–H and O–H groups in total. The van der Waals surface area contributed by atoms with Crippen LogP contribution in [0.25, 0.3) is 0 Å². The van der Waals surface area contributed by atoms with Crippen LogP contribution in [0.4, 0.5) is 8.78 Å². The van der Waals surface area contributed by atoms with Gasteiger partial charge in [-0.3, -0.25) is 4.99 Å². The molecule has 0 unspecified atom stereocenters. The third kappa shape index (κ3) is 4.37. The summed E-state index contributed by atoms with van der Waals surface area (Å²) in [6.45, 7) is -1.64. The quantitative estimate of drug-likeness (QED) is 0.545. The summed E-state index contributed by atoms with van der Waals surface area (Å²) in [6.07, 6.45) is 6.55. The molecule has 7 heteroatoms. The highest BCUT2D eigenvalue weighted by atomic mass is 19.3. The number of rotatable bonds is 8. The minimum atomic E-state index is -2.86. The first-order valence-electron chi connectivity index (χ1n) is 9.12. The standard InChI is InChI=1S/C19H27F2N3O2/c1-22-18(24-12-19(8-3-9-19)14-4-5-14)23-11-13-10-15(25-2)6-7-16(13)26-17(20)21/h6-7,10,14,17H,3-5,8-9,11-12H2,1-2H3,(H2,22,23,24). The number of nitrogens with zero attached hydrogens (tertiary/aromatic N) is 1. The third-order valence-electron chi connectivity index (χ3n) is 5.55. The maximum absolute atomic E-state index is 12.6. The van der Waals surface area contributed by atoms with E-state index >= 15 is 0 Å². The Morgan fingerprint density at radius 1 is 1.31 bits per heavy atom. The molecule has 0 atom stereocenters.